The van der Waals surface area contributed by atoms with E-state index in [0.717, 1.165) is 5.56 Å². The number of hydrogen-bond acceptors (Lipinski definition) is 7. The first-order chi connectivity index (χ1) is 14.4. The van der Waals surface area contributed by atoms with Crippen LogP contribution in [0.4, 0.5) is 10.8 Å². The van der Waals surface area contributed by atoms with E-state index in [1.807, 2.05) is 12.1 Å². The van der Waals surface area contributed by atoms with Gasteiger partial charge in [0.05, 0.1) is 16.6 Å². The number of fused-ring (bicyclic) bond motifs is 1. The molecule has 0 aliphatic heterocycles. The maximum atomic E-state index is 12.5. The molecular formula is C19H14N6O4S. The maximum absolute atomic E-state index is 12.5. The van der Waals surface area contributed by atoms with E-state index in [1.54, 1.807) is 17.5 Å². The van der Waals surface area contributed by atoms with Crippen molar-refractivity contribution >= 4 is 45.0 Å². The van der Waals surface area contributed by atoms with E-state index in [9.17, 15) is 19.2 Å². The van der Waals surface area contributed by atoms with E-state index in [0.29, 0.717) is 16.5 Å². The van der Waals surface area contributed by atoms with E-state index in [4.69, 9.17) is 0 Å². The maximum Gasteiger partial charge on any atom is 0.327 e. The first-order valence-corrected chi connectivity index (χ1v) is 9.54. The van der Waals surface area contributed by atoms with Gasteiger partial charge in [-0.05, 0) is 18.2 Å². The van der Waals surface area contributed by atoms with Gasteiger partial charge < -0.3 is 5.32 Å². The first kappa shape index (κ1) is 19.2. The van der Waals surface area contributed by atoms with Crippen LogP contribution < -0.4 is 21.9 Å². The van der Waals surface area contributed by atoms with Crippen molar-refractivity contribution < 1.29 is 9.59 Å². The topological polar surface area (TPSA) is 150 Å². The molecule has 1 aromatic carbocycles. The number of aromatic amines is 2. The Morgan fingerprint density at radius 3 is 2.57 bits per heavy atom. The number of carbonyl (C=O) groups is 2. The zero-order valence-corrected chi connectivity index (χ0v) is 16.3. The van der Waals surface area contributed by atoms with Gasteiger partial charge in [0.25, 0.3) is 11.5 Å². The summed E-state index contributed by atoms with van der Waals surface area (Å²) in [6.07, 6.45) is 1.27. The van der Waals surface area contributed by atoms with Crippen molar-refractivity contribution in [1.29, 1.82) is 0 Å². The van der Waals surface area contributed by atoms with Crippen LogP contribution in [0.3, 0.4) is 0 Å². The molecule has 0 saturated carbocycles. The second kappa shape index (κ2) is 7.72. The minimum absolute atomic E-state index is 0.0968. The van der Waals surface area contributed by atoms with Crippen LogP contribution in [0.1, 0.15) is 17.3 Å². The van der Waals surface area contributed by atoms with E-state index in [2.05, 4.69) is 30.6 Å². The Morgan fingerprint density at radius 1 is 1.07 bits per heavy atom. The molecule has 10 nitrogen and oxygen atoms in total. The van der Waals surface area contributed by atoms with Crippen molar-refractivity contribution in [3.05, 3.63) is 68.3 Å². The number of hydrogen-bond donors (Lipinski definition) is 4. The number of nitrogens with one attached hydrogen (secondary N) is 4. The van der Waals surface area contributed by atoms with E-state index >= 15 is 0 Å². The number of pyridine rings is 1. The van der Waals surface area contributed by atoms with Crippen molar-refractivity contribution in [3.63, 3.8) is 0 Å². The number of H-pyrrole nitrogens is 2. The highest BCUT2D eigenvalue weighted by Crippen LogP contribution is 2.26. The zero-order valence-electron chi connectivity index (χ0n) is 15.5. The Balaban J connectivity index is 1.53. The molecule has 4 rings (SSSR count). The lowest BCUT2D eigenvalue weighted by Gasteiger charge is -2.03. The van der Waals surface area contributed by atoms with Crippen molar-refractivity contribution in [1.82, 2.24) is 19.9 Å². The van der Waals surface area contributed by atoms with Crippen LogP contribution in [0, 0.1) is 0 Å². The Hall–Kier alpha value is -4.12. The Bertz CT molecular complexity index is 1390. The number of rotatable bonds is 4. The molecule has 4 N–H and O–H groups in total. The predicted molar refractivity (Wildman–Crippen MR) is 113 cm³/mol. The number of benzene rings is 1. The minimum Gasteiger partial charge on any atom is -0.326 e. The summed E-state index contributed by atoms with van der Waals surface area (Å²) in [5.74, 6) is -0.644. The van der Waals surface area contributed by atoms with Gasteiger partial charge in [0.15, 0.2) is 5.13 Å². The monoisotopic (exact) mass is 422 g/mol. The Labute approximate surface area is 172 Å². The van der Waals surface area contributed by atoms with Crippen molar-refractivity contribution in [2.24, 2.45) is 0 Å². The molecule has 11 heteroatoms. The largest absolute Gasteiger partial charge is 0.327 e. The average molecular weight is 422 g/mol. The van der Waals surface area contributed by atoms with E-state index in [1.165, 1.54) is 30.5 Å². The second-order valence-corrected chi connectivity index (χ2v) is 7.14. The van der Waals surface area contributed by atoms with Gasteiger partial charge in [-0.2, -0.15) is 0 Å². The molecule has 0 bridgehead atoms. The third kappa shape index (κ3) is 4.00. The van der Waals surface area contributed by atoms with Crippen LogP contribution in [0.5, 0.6) is 0 Å². The minimum atomic E-state index is -0.669. The highest BCUT2D eigenvalue weighted by molar-refractivity contribution is 7.14. The van der Waals surface area contributed by atoms with Crippen LogP contribution in [0.15, 0.2) is 51.5 Å². The molecule has 0 aliphatic carbocycles. The number of amides is 2. The molecule has 0 atom stereocenters. The molecule has 3 heterocycles. The molecular weight excluding hydrogens is 408 g/mol. The fraction of sp³-hybridized carbons (Fsp3) is 0.0526. The normalized spacial score (nSPS) is 10.7. The summed E-state index contributed by atoms with van der Waals surface area (Å²) >= 11 is 1.24. The fourth-order valence-electron chi connectivity index (χ4n) is 2.73. The van der Waals surface area contributed by atoms with Crippen molar-refractivity contribution in [2.45, 2.75) is 6.92 Å². The molecule has 0 fully saturated rings. The van der Waals surface area contributed by atoms with Gasteiger partial charge in [0.2, 0.25) is 5.91 Å². The lowest BCUT2D eigenvalue weighted by molar-refractivity contribution is -0.114. The molecule has 30 heavy (non-hydrogen) atoms. The summed E-state index contributed by atoms with van der Waals surface area (Å²) in [6, 6.07) is 8.49. The van der Waals surface area contributed by atoms with Crippen LogP contribution >= 0.6 is 11.3 Å². The fourth-order valence-corrected chi connectivity index (χ4v) is 3.45. The van der Waals surface area contributed by atoms with Gasteiger partial charge in [-0.25, -0.2) is 14.8 Å². The van der Waals surface area contributed by atoms with Gasteiger partial charge in [-0.1, -0.05) is 12.1 Å². The smallest absolute Gasteiger partial charge is 0.326 e. The highest BCUT2D eigenvalue weighted by atomic mass is 32.1. The first-order valence-electron chi connectivity index (χ1n) is 8.66. The summed E-state index contributed by atoms with van der Waals surface area (Å²) < 4.78 is 0. The third-order valence-electron chi connectivity index (χ3n) is 4.08. The molecule has 0 aliphatic rings. The predicted octanol–water partition coefficient (Wildman–Crippen LogP) is 1.95. The van der Waals surface area contributed by atoms with Gasteiger partial charge in [-0.3, -0.25) is 29.7 Å². The molecule has 150 valence electrons. The Morgan fingerprint density at radius 2 is 1.83 bits per heavy atom. The SMILES string of the molecule is CC(=O)Nc1ccc(-c2csc(NC(=O)c3cnc4[nH]c(=O)[nH]c(=O)c4c3)n2)cc1. The number of carbonyl (C=O) groups excluding carboxylic acids is 2. The zero-order chi connectivity index (χ0) is 21.3. The molecule has 2 amide bonds. The average Bonchev–Trinajstić information content (AvgIpc) is 3.16. The van der Waals surface area contributed by atoms with Crippen molar-refractivity contribution in [2.75, 3.05) is 10.6 Å². The summed E-state index contributed by atoms with van der Waals surface area (Å²) in [5, 5.41) is 7.62. The van der Waals surface area contributed by atoms with Gasteiger partial charge in [0, 0.05) is 29.8 Å². The lowest BCUT2D eigenvalue weighted by Crippen LogP contribution is -2.23. The molecule has 0 unspecified atom stereocenters. The molecule has 0 radical (unpaired) electrons. The standard InChI is InChI=1S/C19H14N6O4S/c1-9(26)21-12-4-2-10(3-5-12)14-8-30-19(22-14)25-16(27)11-6-13-15(20-7-11)23-18(29)24-17(13)28/h2-8H,1H3,(H,21,26)(H,22,25,27)(H2,20,23,24,28,29). The van der Waals surface area contributed by atoms with Gasteiger partial charge in [0.1, 0.15) is 5.65 Å². The lowest BCUT2D eigenvalue weighted by atomic mass is 10.1. The summed E-state index contributed by atoms with van der Waals surface area (Å²) in [4.78, 5) is 59.6. The number of thiazole rings is 1. The van der Waals surface area contributed by atoms with E-state index < -0.39 is 17.2 Å². The second-order valence-electron chi connectivity index (χ2n) is 6.28. The quantitative estimate of drug-likeness (QED) is 0.395. The number of anilines is 2. The highest BCUT2D eigenvalue weighted by Gasteiger charge is 2.13. The summed E-state index contributed by atoms with van der Waals surface area (Å²) in [5.41, 5.74) is 1.11. The van der Waals surface area contributed by atoms with Gasteiger partial charge >= 0.3 is 5.69 Å². The van der Waals surface area contributed by atoms with E-state index in [-0.39, 0.29) is 22.5 Å². The summed E-state index contributed by atoms with van der Waals surface area (Å²) in [6.45, 7) is 1.43. The molecule has 0 spiro atoms. The van der Waals surface area contributed by atoms with Crippen molar-refractivity contribution in [3.8, 4) is 11.3 Å². The molecule has 3 aromatic heterocycles. The van der Waals surface area contributed by atoms with Crippen LogP contribution in [0.25, 0.3) is 22.3 Å². The Kier molecular flexibility index (Phi) is 4.94. The van der Waals surface area contributed by atoms with Crippen LogP contribution in [-0.2, 0) is 4.79 Å². The number of aromatic nitrogens is 4. The molecule has 0 saturated heterocycles. The third-order valence-corrected chi connectivity index (χ3v) is 4.84. The van der Waals surface area contributed by atoms with Crippen LogP contribution in [0.2, 0.25) is 0 Å². The van der Waals surface area contributed by atoms with Gasteiger partial charge in [-0.15, -0.1) is 11.3 Å². The van der Waals surface area contributed by atoms with Crippen LogP contribution in [-0.4, -0.2) is 31.8 Å². The number of nitrogens with zero attached hydrogens (tertiary/aromatic N) is 2. The molecule has 4 aromatic rings. The summed E-state index contributed by atoms with van der Waals surface area (Å²) in [7, 11) is 0.